The fraction of sp³-hybridized carbons (Fsp3) is 0.833. The number of carbonyl (C=O) groups is 2. The summed E-state index contributed by atoms with van der Waals surface area (Å²) in [5, 5.41) is 6.08. The van der Waals surface area contributed by atoms with Gasteiger partial charge in [-0.1, -0.05) is 6.92 Å². The van der Waals surface area contributed by atoms with E-state index in [1.165, 1.54) is 0 Å². The van der Waals surface area contributed by atoms with Gasteiger partial charge in [0.15, 0.2) is 0 Å². The number of nitrogens with one attached hydrogen (secondary N) is 2. The zero-order chi connectivity index (χ0) is 12.3. The Bertz CT molecular complexity index is 306. The molecule has 2 amide bonds. The van der Waals surface area contributed by atoms with Crippen molar-refractivity contribution in [3.05, 3.63) is 0 Å². The lowest BCUT2D eigenvalue weighted by molar-refractivity contribution is -0.147. The molecule has 1 atom stereocenters. The predicted octanol–water partition coefficient (Wildman–Crippen LogP) is 0.145. The van der Waals surface area contributed by atoms with E-state index in [2.05, 4.69) is 10.6 Å². The third kappa shape index (κ3) is 3.14. The first-order valence-corrected chi connectivity index (χ1v) is 6.53. The minimum Gasteiger partial charge on any atom is -0.353 e. The van der Waals surface area contributed by atoms with Gasteiger partial charge in [0.2, 0.25) is 11.8 Å². The largest absolute Gasteiger partial charge is 0.353 e. The number of hydrogen-bond donors (Lipinski definition) is 2. The first kappa shape index (κ1) is 15.2. The standard InChI is InChI=1S/C12H21N3O2.ClH/c1-2-10-11(16)14-7-8-15(10)12(17)9-3-5-13-6-4-9;/h9-10,13H,2-8H2,1H3,(H,14,16);1H. The summed E-state index contributed by atoms with van der Waals surface area (Å²) in [5.74, 6) is 0.283. The molecule has 2 rings (SSSR count). The molecule has 0 aromatic rings. The summed E-state index contributed by atoms with van der Waals surface area (Å²) in [6, 6.07) is -0.258. The van der Waals surface area contributed by atoms with Crippen LogP contribution >= 0.6 is 12.4 Å². The van der Waals surface area contributed by atoms with E-state index in [0.717, 1.165) is 25.9 Å². The summed E-state index contributed by atoms with van der Waals surface area (Å²) >= 11 is 0. The normalized spacial score (nSPS) is 25.3. The lowest BCUT2D eigenvalue weighted by Gasteiger charge is -2.37. The van der Waals surface area contributed by atoms with Crippen LogP contribution in [0, 0.1) is 5.92 Å². The average molecular weight is 276 g/mol. The lowest BCUT2D eigenvalue weighted by atomic mass is 9.95. The number of nitrogens with zero attached hydrogens (tertiary/aromatic N) is 1. The molecular weight excluding hydrogens is 254 g/mol. The molecule has 0 aliphatic carbocycles. The van der Waals surface area contributed by atoms with Gasteiger partial charge in [-0.2, -0.15) is 0 Å². The molecule has 2 N–H and O–H groups in total. The molecule has 0 bridgehead atoms. The van der Waals surface area contributed by atoms with Crippen molar-refractivity contribution in [2.75, 3.05) is 26.2 Å². The van der Waals surface area contributed by atoms with E-state index in [1.807, 2.05) is 6.92 Å². The fourth-order valence-corrected chi connectivity index (χ4v) is 2.69. The van der Waals surface area contributed by atoms with E-state index in [-0.39, 0.29) is 36.2 Å². The Labute approximate surface area is 114 Å². The van der Waals surface area contributed by atoms with Gasteiger partial charge in [0.05, 0.1) is 0 Å². The smallest absolute Gasteiger partial charge is 0.242 e. The number of piperazine rings is 1. The Morgan fingerprint density at radius 1 is 1.33 bits per heavy atom. The summed E-state index contributed by atoms with van der Waals surface area (Å²) in [6.07, 6.45) is 2.49. The Morgan fingerprint density at radius 3 is 2.61 bits per heavy atom. The molecule has 0 radical (unpaired) electrons. The molecule has 2 saturated heterocycles. The van der Waals surface area contributed by atoms with Crippen LogP contribution in [0.5, 0.6) is 0 Å². The number of halogens is 1. The third-order valence-corrected chi connectivity index (χ3v) is 3.69. The summed E-state index contributed by atoms with van der Waals surface area (Å²) in [7, 11) is 0. The molecule has 2 aliphatic rings. The van der Waals surface area contributed by atoms with Gasteiger partial charge < -0.3 is 15.5 Å². The van der Waals surface area contributed by atoms with Crippen molar-refractivity contribution in [3.8, 4) is 0 Å². The van der Waals surface area contributed by atoms with Gasteiger partial charge in [-0.25, -0.2) is 0 Å². The number of hydrogen-bond acceptors (Lipinski definition) is 3. The number of carbonyl (C=O) groups excluding carboxylic acids is 2. The second-order valence-electron chi connectivity index (χ2n) is 4.77. The fourth-order valence-electron chi connectivity index (χ4n) is 2.69. The van der Waals surface area contributed by atoms with Gasteiger partial charge in [-0.15, -0.1) is 12.4 Å². The van der Waals surface area contributed by atoms with Crippen molar-refractivity contribution in [1.82, 2.24) is 15.5 Å². The van der Waals surface area contributed by atoms with Crippen molar-refractivity contribution in [3.63, 3.8) is 0 Å². The van der Waals surface area contributed by atoms with Crippen molar-refractivity contribution < 1.29 is 9.59 Å². The van der Waals surface area contributed by atoms with Gasteiger partial charge in [0.25, 0.3) is 0 Å². The van der Waals surface area contributed by atoms with Gasteiger partial charge >= 0.3 is 0 Å². The number of rotatable bonds is 2. The molecule has 104 valence electrons. The van der Waals surface area contributed by atoms with Crippen LogP contribution in [0.4, 0.5) is 0 Å². The van der Waals surface area contributed by atoms with Gasteiger partial charge in [-0.05, 0) is 32.4 Å². The summed E-state index contributed by atoms with van der Waals surface area (Å²) in [5.41, 5.74) is 0. The van der Waals surface area contributed by atoms with E-state index in [1.54, 1.807) is 4.90 Å². The lowest BCUT2D eigenvalue weighted by Crippen LogP contribution is -2.58. The topological polar surface area (TPSA) is 61.4 Å². The zero-order valence-electron chi connectivity index (χ0n) is 10.8. The summed E-state index contributed by atoms with van der Waals surface area (Å²) < 4.78 is 0. The first-order chi connectivity index (χ1) is 8.24. The third-order valence-electron chi connectivity index (χ3n) is 3.69. The molecule has 1 unspecified atom stereocenters. The predicted molar refractivity (Wildman–Crippen MR) is 71.6 cm³/mol. The molecule has 6 heteroatoms. The van der Waals surface area contributed by atoms with Crippen LogP contribution in [-0.2, 0) is 9.59 Å². The molecule has 5 nitrogen and oxygen atoms in total. The molecular formula is C12H22ClN3O2. The zero-order valence-corrected chi connectivity index (χ0v) is 11.6. The molecule has 2 fully saturated rings. The average Bonchev–Trinajstić information content (AvgIpc) is 2.38. The molecule has 0 aromatic carbocycles. The second-order valence-corrected chi connectivity index (χ2v) is 4.77. The highest BCUT2D eigenvalue weighted by Crippen LogP contribution is 2.19. The van der Waals surface area contributed by atoms with Crippen molar-refractivity contribution >= 4 is 24.2 Å². The molecule has 0 saturated carbocycles. The van der Waals surface area contributed by atoms with Crippen LogP contribution in [0.15, 0.2) is 0 Å². The van der Waals surface area contributed by atoms with Gasteiger partial charge in [0.1, 0.15) is 6.04 Å². The van der Waals surface area contributed by atoms with Crippen LogP contribution < -0.4 is 10.6 Å². The maximum absolute atomic E-state index is 12.4. The van der Waals surface area contributed by atoms with E-state index in [4.69, 9.17) is 0 Å². The SMILES string of the molecule is CCC1C(=O)NCCN1C(=O)C1CCNCC1.Cl. The first-order valence-electron chi connectivity index (χ1n) is 6.53. The molecule has 0 aromatic heterocycles. The quantitative estimate of drug-likeness (QED) is 0.754. The van der Waals surface area contributed by atoms with Crippen molar-refractivity contribution in [2.24, 2.45) is 5.92 Å². The van der Waals surface area contributed by atoms with Crippen molar-refractivity contribution in [2.45, 2.75) is 32.2 Å². The Morgan fingerprint density at radius 2 is 2.00 bits per heavy atom. The molecule has 18 heavy (non-hydrogen) atoms. The Balaban J connectivity index is 0.00000162. The summed E-state index contributed by atoms with van der Waals surface area (Å²) in [6.45, 7) is 5.03. The van der Waals surface area contributed by atoms with E-state index >= 15 is 0 Å². The van der Waals surface area contributed by atoms with Crippen LogP contribution in [-0.4, -0.2) is 48.9 Å². The Kier molecular flexibility index (Phi) is 5.88. The van der Waals surface area contributed by atoms with Gasteiger partial charge in [0, 0.05) is 19.0 Å². The second kappa shape index (κ2) is 6.95. The maximum atomic E-state index is 12.4. The maximum Gasteiger partial charge on any atom is 0.242 e. The highest BCUT2D eigenvalue weighted by atomic mass is 35.5. The monoisotopic (exact) mass is 275 g/mol. The van der Waals surface area contributed by atoms with Crippen LogP contribution in [0.2, 0.25) is 0 Å². The van der Waals surface area contributed by atoms with Gasteiger partial charge in [-0.3, -0.25) is 9.59 Å². The number of piperidine rings is 1. The highest BCUT2D eigenvalue weighted by Gasteiger charge is 2.35. The number of amides is 2. The van der Waals surface area contributed by atoms with Crippen molar-refractivity contribution in [1.29, 1.82) is 0 Å². The summed E-state index contributed by atoms with van der Waals surface area (Å²) in [4.78, 5) is 25.9. The van der Waals surface area contributed by atoms with E-state index in [9.17, 15) is 9.59 Å². The van der Waals surface area contributed by atoms with Crippen LogP contribution in [0.25, 0.3) is 0 Å². The molecule has 2 heterocycles. The highest BCUT2D eigenvalue weighted by molar-refractivity contribution is 5.89. The van der Waals surface area contributed by atoms with Crippen LogP contribution in [0.1, 0.15) is 26.2 Å². The van der Waals surface area contributed by atoms with E-state index in [0.29, 0.717) is 19.5 Å². The minimum absolute atomic E-state index is 0. The van der Waals surface area contributed by atoms with E-state index < -0.39 is 0 Å². The molecule has 0 spiro atoms. The minimum atomic E-state index is -0.258. The molecule has 2 aliphatic heterocycles. The Hall–Kier alpha value is -0.810. The van der Waals surface area contributed by atoms with Crippen LogP contribution in [0.3, 0.4) is 0 Å².